The fourth-order valence-electron chi connectivity index (χ4n) is 2.35. The summed E-state index contributed by atoms with van der Waals surface area (Å²) in [6.07, 6.45) is 1.38. The van der Waals surface area contributed by atoms with Crippen LogP contribution in [0.15, 0.2) is 10.8 Å². The third-order valence-electron chi connectivity index (χ3n) is 3.40. The minimum absolute atomic E-state index is 0.282. The van der Waals surface area contributed by atoms with Crippen LogP contribution in [0.1, 0.15) is 20.8 Å². The van der Waals surface area contributed by atoms with Crippen LogP contribution < -0.4 is 4.90 Å². The van der Waals surface area contributed by atoms with E-state index in [2.05, 4.69) is 41.3 Å². The predicted octanol–water partition coefficient (Wildman–Crippen LogP) is 1.34. The van der Waals surface area contributed by atoms with Gasteiger partial charge in [-0.05, 0) is 47.1 Å². The van der Waals surface area contributed by atoms with Gasteiger partial charge in [-0.3, -0.25) is 0 Å². The van der Waals surface area contributed by atoms with E-state index in [1.807, 2.05) is 20.8 Å². The molecule has 0 N–H and O–H groups in total. The molecule has 1 aliphatic rings. The Morgan fingerprint density at radius 2 is 1.96 bits per heavy atom. The van der Waals surface area contributed by atoms with E-state index in [0.29, 0.717) is 42.2 Å². The van der Waals surface area contributed by atoms with Gasteiger partial charge in [0.2, 0.25) is 5.65 Å². The van der Waals surface area contributed by atoms with E-state index in [-0.39, 0.29) is 6.09 Å². The third kappa shape index (κ3) is 3.36. The molecule has 1 aliphatic heterocycles. The maximum atomic E-state index is 12.1. The molecule has 0 atom stereocenters. The van der Waals surface area contributed by atoms with E-state index >= 15 is 0 Å². The number of carbonyl (C=O) groups is 1. The Labute approximate surface area is 141 Å². The van der Waals surface area contributed by atoms with E-state index in [4.69, 9.17) is 4.74 Å². The molecule has 0 saturated carbocycles. The van der Waals surface area contributed by atoms with Crippen molar-refractivity contribution in [2.24, 2.45) is 0 Å². The average Bonchev–Trinajstić information content (AvgIpc) is 2.96. The fourth-order valence-corrected chi connectivity index (χ4v) is 2.69. The predicted molar refractivity (Wildman–Crippen MR) is 86.3 cm³/mol. The Hall–Kier alpha value is -1.97. The number of amides is 1. The van der Waals surface area contributed by atoms with Crippen molar-refractivity contribution in [2.45, 2.75) is 26.4 Å². The maximum Gasteiger partial charge on any atom is 0.410 e. The van der Waals surface area contributed by atoms with Crippen LogP contribution >= 0.6 is 15.9 Å². The zero-order valence-electron chi connectivity index (χ0n) is 13.2. The van der Waals surface area contributed by atoms with E-state index < -0.39 is 5.60 Å². The minimum Gasteiger partial charge on any atom is -0.444 e. The van der Waals surface area contributed by atoms with Gasteiger partial charge in [0.15, 0.2) is 5.82 Å². The molecule has 1 saturated heterocycles. The molecule has 0 radical (unpaired) electrons. The van der Waals surface area contributed by atoms with Crippen molar-refractivity contribution in [3.8, 4) is 0 Å². The largest absolute Gasteiger partial charge is 0.444 e. The van der Waals surface area contributed by atoms with E-state index in [1.54, 1.807) is 15.6 Å². The van der Waals surface area contributed by atoms with Gasteiger partial charge in [-0.15, -0.1) is 5.10 Å². The van der Waals surface area contributed by atoms with Gasteiger partial charge in [-0.2, -0.15) is 4.52 Å². The number of hydrogen-bond donors (Lipinski definition) is 0. The molecule has 1 amide bonds. The second-order valence-electron chi connectivity index (χ2n) is 6.27. The van der Waals surface area contributed by atoms with Crippen LogP contribution in [0.2, 0.25) is 0 Å². The molecule has 0 aromatic carbocycles. The molecule has 0 aliphatic carbocycles. The van der Waals surface area contributed by atoms with Gasteiger partial charge < -0.3 is 14.5 Å². The number of fused-ring (bicyclic) bond motifs is 1. The number of rotatable bonds is 1. The van der Waals surface area contributed by atoms with Crippen molar-refractivity contribution in [3.63, 3.8) is 0 Å². The summed E-state index contributed by atoms with van der Waals surface area (Å²) < 4.78 is 7.68. The molecule has 0 unspecified atom stereocenters. The molecule has 124 valence electrons. The van der Waals surface area contributed by atoms with Crippen LogP contribution in [0.25, 0.3) is 5.65 Å². The van der Waals surface area contributed by atoms with Gasteiger partial charge in [0.25, 0.3) is 0 Å². The molecule has 2 aromatic heterocycles. The number of anilines is 1. The lowest BCUT2D eigenvalue weighted by Crippen LogP contribution is -2.50. The molecule has 9 nitrogen and oxygen atoms in total. The molecular weight excluding hydrogens is 366 g/mol. The zero-order valence-corrected chi connectivity index (χ0v) is 14.8. The Morgan fingerprint density at radius 3 is 2.61 bits per heavy atom. The topological polar surface area (TPSA) is 88.8 Å². The Kier molecular flexibility index (Phi) is 4.09. The molecule has 1 fully saturated rings. The van der Waals surface area contributed by atoms with Gasteiger partial charge in [-0.25, -0.2) is 9.78 Å². The molecule has 3 heterocycles. The second kappa shape index (κ2) is 5.91. The number of halogens is 1. The number of aromatic nitrogens is 5. The highest BCUT2D eigenvalue weighted by molar-refractivity contribution is 9.10. The summed E-state index contributed by atoms with van der Waals surface area (Å²) >= 11 is 3.36. The Morgan fingerprint density at radius 1 is 1.26 bits per heavy atom. The van der Waals surface area contributed by atoms with Crippen molar-refractivity contribution < 1.29 is 9.53 Å². The molecule has 3 rings (SSSR count). The zero-order chi connectivity index (χ0) is 16.6. The maximum absolute atomic E-state index is 12.1. The molecule has 2 aromatic rings. The number of tetrazole rings is 1. The van der Waals surface area contributed by atoms with Crippen molar-refractivity contribution in [2.75, 3.05) is 31.1 Å². The lowest BCUT2D eigenvalue weighted by Gasteiger charge is -2.36. The first-order chi connectivity index (χ1) is 10.8. The molecular formula is C13H18BrN7O2. The number of hydrogen-bond acceptors (Lipinski definition) is 7. The van der Waals surface area contributed by atoms with Gasteiger partial charge in [0.1, 0.15) is 10.2 Å². The van der Waals surface area contributed by atoms with Crippen LogP contribution in [-0.4, -0.2) is 67.8 Å². The molecule has 0 bridgehead atoms. The Bertz CT molecular complexity index is 719. The highest BCUT2D eigenvalue weighted by Crippen LogP contribution is 2.21. The quantitative estimate of drug-likeness (QED) is 0.733. The van der Waals surface area contributed by atoms with E-state index in [0.717, 1.165) is 0 Å². The third-order valence-corrected chi connectivity index (χ3v) is 3.94. The summed E-state index contributed by atoms with van der Waals surface area (Å²) in [6.45, 7) is 8.03. The highest BCUT2D eigenvalue weighted by Gasteiger charge is 2.27. The van der Waals surface area contributed by atoms with Crippen LogP contribution in [0.3, 0.4) is 0 Å². The van der Waals surface area contributed by atoms with Crippen LogP contribution in [0, 0.1) is 0 Å². The monoisotopic (exact) mass is 383 g/mol. The number of piperazine rings is 1. The summed E-state index contributed by atoms with van der Waals surface area (Å²) in [4.78, 5) is 20.3. The van der Waals surface area contributed by atoms with Crippen LogP contribution in [-0.2, 0) is 4.74 Å². The fraction of sp³-hybridized carbons (Fsp3) is 0.615. The SMILES string of the molecule is CC(C)(C)OC(=O)N1CCN(c2ncc(Br)n3nnnc23)CC1. The first-order valence-electron chi connectivity index (χ1n) is 7.30. The van der Waals surface area contributed by atoms with Crippen molar-refractivity contribution >= 4 is 33.5 Å². The smallest absolute Gasteiger partial charge is 0.410 e. The van der Waals surface area contributed by atoms with E-state index in [1.165, 1.54) is 0 Å². The van der Waals surface area contributed by atoms with Crippen molar-refractivity contribution in [1.29, 1.82) is 0 Å². The van der Waals surface area contributed by atoms with E-state index in [9.17, 15) is 4.79 Å². The molecule has 0 spiro atoms. The van der Waals surface area contributed by atoms with Crippen LogP contribution in [0.5, 0.6) is 0 Å². The summed E-state index contributed by atoms with van der Waals surface area (Å²) in [6, 6.07) is 0. The Balaban J connectivity index is 1.70. The number of nitrogens with zero attached hydrogens (tertiary/aromatic N) is 7. The lowest BCUT2D eigenvalue weighted by molar-refractivity contribution is 0.0240. The number of ether oxygens (including phenoxy) is 1. The van der Waals surface area contributed by atoms with Crippen molar-refractivity contribution in [3.05, 3.63) is 10.8 Å². The lowest BCUT2D eigenvalue weighted by atomic mass is 10.2. The van der Waals surface area contributed by atoms with Gasteiger partial charge >= 0.3 is 6.09 Å². The summed E-state index contributed by atoms with van der Waals surface area (Å²) in [7, 11) is 0. The van der Waals surface area contributed by atoms with Crippen LogP contribution in [0.4, 0.5) is 10.6 Å². The first kappa shape index (κ1) is 15.9. The van der Waals surface area contributed by atoms with Crippen molar-refractivity contribution in [1.82, 2.24) is 29.9 Å². The second-order valence-corrected chi connectivity index (χ2v) is 7.09. The molecule has 10 heteroatoms. The average molecular weight is 384 g/mol. The molecule has 23 heavy (non-hydrogen) atoms. The summed E-state index contributed by atoms with van der Waals surface area (Å²) in [5, 5.41) is 11.6. The number of carbonyl (C=O) groups excluding carboxylic acids is 1. The summed E-state index contributed by atoms with van der Waals surface area (Å²) in [5.41, 5.74) is 0.103. The summed E-state index contributed by atoms with van der Waals surface area (Å²) in [5.74, 6) is 0.710. The normalized spacial score (nSPS) is 16.0. The first-order valence-corrected chi connectivity index (χ1v) is 8.10. The highest BCUT2D eigenvalue weighted by atomic mass is 79.9. The standard InChI is InChI=1S/C13H18BrN7O2/c1-13(2,3)23-12(22)20-6-4-19(5-7-20)10-11-16-17-18-21(11)9(14)8-15-10/h8H,4-7H2,1-3H3. The van der Waals surface area contributed by atoms with Gasteiger partial charge in [0.05, 0.1) is 6.20 Å². The van der Waals surface area contributed by atoms with Gasteiger partial charge in [0, 0.05) is 26.2 Å². The minimum atomic E-state index is -0.485. The van der Waals surface area contributed by atoms with Gasteiger partial charge in [-0.1, -0.05) is 0 Å².